The molecule has 1 aliphatic rings. The minimum absolute atomic E-state index is 0.0910. The number of ether oxygens (including phenoxy) is 1. The fraction of sp³-hybridized carbons (Fsp3) is 0.238. The van der Waals surface area contributed by atoms with Crippen LogP contribution in [0.2, 0.25) is 0 Å². The highest BCUT2D eigenvalue weighted by molar-refractivity contribution is 6.03. The Kier molecular flexibility index (Phi) is 4.98. The zero-order valence-corrected chi connectivity index (χ0v) is 16.4. The highest BCUT2D eigenvalue weighted by atomic mass is 16.5. The van der Waals surface area contributed by atoms with Crippen LogP contribution in [0.3, 0.4) is 0 Å². The second-order valence-corrected chi connectivity index (χ2v) is 7.21. The first-order valence-electron chi connectivity index (χ1n) is 9.49. The molecule has 1 saturated heterocycles. The standard InChI is InChI=1S/C21H21N7O2/c1-13-2-7-17(25-10-13)30-16-5-3-14(4-6-16)19-18(21(24)29)20(23)28(26-19)15-8-9-27(11-15)12-22/h2-7,10,15H,8-9,11,23H2,1H3,(H2,24,29). The van der Waals surface area contributed by atoms with Crippen LogP contribution in [-0.2, 0) is 0 Å². The quantitative estimate of drug-likeness (QED) is 0.624. The number of nitrogens with two attached hydrogens (primary N) is 2. The maximum atomic E-state index is 12.1. The number of hydrogen-bond donors (Lipinski definition) is 2. The Morgan fingerprint density at radius 1 is 1.27 bits per heavy atom. The fourth-order valence-electron chi connectivity index (χ4n) is 3.52. The molecule has 0 bridgehead atoms. The van der Waals surface area contributed by atoms with Gasteiger partial charge in [-0.25, -0.2) is 9.67 Å². The van der Waals surface area contributed by atoms with Gasteiger partial charge in [0.2, 0.25) is 5.88 Å². The number of anilines is 1. The molecule has 1 amide bonds. The van der Waals surface area contributed by atoms with E-state index in [2.05, 4.69) is 16.3 Å². The van der Waals surface area contributed by atoms with Crippen LogP contribution in [0.5, 0.6) is 11.6 Å². The molecule has 0 saturated carbocycles. The molecule has 4 N–H and O–H groups in total. The van der Waals surface area contributed by atoms with Crippen LogP contribution >= 0.6 is 0 Å². The van der Waals surface area contributed by atoms with Gasteiger partial charge in [0, 0.05) is 24.4 Å². The van der Waals surface area contributed by atoms with Crippen molar-refractivity contribution in [1.82, 2.24) is 19.7 Å². The molecule has 0 aliphatic carbocycles. The maximum absolute atomic E-state index is 12.1. The molecule has 9 nitrogen and oxygen atoms in total. The van der Waals surface area contributed by atoms with Crippen LogP contribution in [0.15, 0.2) is 42.6 Å². The lowest BCUT2D eigenvalue weighted by molar-refractivity contribution is 0.100. The first kappa shape index (κ1) is 19.3. The average Bonchev–Trinajstić information content (AvgIpc) is 3.34. The summed E-state index contributed by atoms with van der Waals surface area (Å²) in [7, 11) is 0. The SMILES string of the molecule is Cc1ccc(Oc2ccc(-c3nn(C4CCN(C#N)C4)c(N)c3C(N)=O)cc2)nc1. The molecule has 4 rings (SSSR count). The summed E-state index contributed by atoms with van der Waals surface area (Å²) in [5, 5.41) is 13.7. The third-order valence-corrected chi connectivity index (χ3v) is 5.08. The Hall–Kier alpha value is -4.06. The van der Waals surface area contributed by atoms with Gasteiger partial charge in [0.1, 0.15) is 22.8 Å². The third-order valence-electron chi connectivity index (χ3n) is 5.08. The second-order valence-electron chi connectivity index (χ2n) is 7.21. The summed E-state index contributed by atoms with van der Waals surface area (Å²) in [6, 6.07) is 10.7. The Morgan fingerprint density at radius 3 is 2.63 bits per heavy atom. The normalized spacial score (nSPS) is 15.7. The largest absolute Gasteiger partial charge is 0.439 e. The van der Waals surface area contributed by atoms with E-state index < -0.39 is 5.91 Å². The van der Waals surface area contributed by atoms with E-state index in [1.54, 1.807) is 46.1 Å². The molecule has 9 heteroatoms. The maximum Gasteiger partial charge on any atom is 0.254 e. The van der Waals surface area contributed by atoms with Crippen molar-refractivity contribution in [2.45, 2.75) is 19.4 Å². The number of amides is 1. The molecule has 0 radical (unpaired) electrons. The Morgan fingerprint density at radius 2 is 2.03 bits per heavy atom. The Balaban J connectivity index is 1.63. The number of primary amides is 1. The molecule has 3 aromatic rings. The van der Waals surface area contributed by atoms with E-state index in [-0.39, 0.29) is 17.4 Å². The van der Waals surface area contributed by atoms with Gasteiger partial charge in [0.05, 0.1) is 12.6 Å². The fourth-order valence-corrected chi connectivity index (χ4v) is 3.52. The summed E-state index contributed by atoms with van der Waals surface area (Å²) in [5.41, 5.74) is 14.1. The number of benzene rings is 1. The van der Waals surface area contributed by atoms with Crippen molar-refractivity contribution in [1.29, 1.82) is 5.26 Å². The Bertz CT molecular complexity index is 1110. The molecule has 3 heterocycles. The Labute approximate surface area is 173 Å². The molecule has 1 atom stereocenters. The molecule has 152 valence electrons. The highest BCUT2D eigenvalue weighted by Gasteiger charge is 2.29. The molecule has 0 spiro atoms. The van der Waals surface area contributed by atoms with Crippen molar-refractivity contribution >= 4 is 11.7 Å². The highest BCUT2D eigenvalue weighted by Crippen LogP contribution is 2.33. The number of aromatic nitrogens is 3. The summed E-state index contributed by atoms with van der Waals surface area (Å²) < 4.78 is 7.35. The van der Waals surface area contributed by atoms with Crippen molar-refractivity contribution in [2.75, 3.05) is 18.8 Å². The van der Waals surface area contributed by atoms with Gasteiger partial charge in [-0.05, 0) is 43.2 Å². The number of hydrogen-bond acceptors (Lipinski definition) is 7. The van der Waals surface area contributed by atoms with Gasteiger partial charge in [-0.15, -0.1) is 0 Å². The molecular formula is C21H21N7O2. The van der Waals surface area contributed by atoms with Crippen LogP contribution in [-0.4, -0.2) is 38.7 Å². The molecule has 1 unspecified atom stereocenters. The van der Waals surface area contributed by atoms with Gasteiger partial charge in [0.15, 0.2) is 6.19 Å². The van der Waals surface area contributed by atoms with Gasteiger partial charge >= 0.3 is 0 Å². The molecular weight excluding hydrogens is 382 g/mol. The second kappa shape index (κ2) is 7.75. The van der Waals surface area contributed by atoms with E-state index in [1.165, 1.54) is 0 Å². The van der Waals surface area contributed by atoms with Crippen LogP contribution < -0.4 is 16.2 Å². The first-order valence-corrected chi connectivity index (χ1v) is 9.49. The van der Waals surface area contributed by atoms with Gasteiger partial charge in [-0.1, -0.05) is 6.07 Å². The third kappa shape index (κ3) is 3.63. The van der Waals surface area contributed by atoms with Crippen LogP contribution in [0.25, 0.3) is 11.3 Å². The average molecular weight is 403 g/mol. The van der Waals surface area contributed by atoms with Crippen molar-refractivity contribution in [3.63, 3.8) is 0 Å². The smallest absolute Gasteiger partial charge is 0.254 e. The van der Waals surface area contributed by atoms with Crippen molar-refractivity contribution < 1.29 is 9.53 Å². The number of carbonyl (C=O) groups is 1. The number of aryl methyl sites for hydroxylation is 1. The summed E-state index contributed by atoms with van der Waals surface area (Å²) in [4.78, 5) is 18.0. The van der Waals surface area contributed by atoms with Gasteiger partial charge < -0.3 is 21.1 Å². The molecule has 30 heavy (non-hydrogen) atoms. The summed E-state index contributed by atoms with van der Waals surface area (Å²) >= 11 is 0. The van der Waals surface area contributed by atoms with Crippen LogP contribution in [0, 0.1) is 18.4 Å². The van der Waals surface area contributed by atoms with Crippen LogP contribution in [0.4, 0.5) is 5.82 Å². The molecule has 1 aliphatic heterocycles. The van der Waals surface area contributed by atoms with Gasteiger partial charge in [0.25, 0.3) is 5.91 Å². The zero-order chi connectivity index (χ0) is 21.3. The summed E-state index contributed by atoms with van der Waals surface area (Å²) in [6.07, 6.45) is 4.58. The van der Waals surface area contributed by atoms with Gasteiger partial charge in [-0.2, -0.15) is 10.4 Å². The van der Waals surface area contributed by atoms with Crippen molar-refractivity contribution in [2.24, 2.45) is 5.73 Å². The summed E-state index contributed by atoms with van der Waals surface area (Å²) in [5.74, 6) is 0.658. The van der Waals surface area contributed by atoms with E-state index in [4.69, 9.17) is 21.5 Å². The predicted octanol–water partition coefficient (Wildman–Crippen LogP) is 2.45. The van der Waals surface area contributed by atoms with E-state index in [1.807, 2.05) is 13.0 Å². The topological polar surface area (TPSA) is 136 Å². The lowest BCUT2D eigenvalue weighted by Gasteiger charge is -2.12. The molecule has 2 aromatic heterocycles. The van der Waals surface area contributed by atoms with E-state index >= 15 is 0 Å². The number of pyridine rings is 1. The van der Waals surface area contributed by atoms with Gasteiger partial charge in [-0.3, -0.25) is 4.79 Å². The van der Waals surface area contributed by atoms with Crippen molar-refractivity contribution in [3.05, 3.63) is 53.7 Å². The number of likely N-dealkylation sites (tertiary alicyclic amines) is 1. The lowest BCUT2D eigenvalue weighted by atomic mass is 10.1. The minimum Gasteiger partial charge on any atom is -0.439 e. The lowest BCUT2D eigenvalue weighted by Crippen LogP contribution is -2.19. The number of nitrogen functional groups attached to an aromatic ring is 1. The minimum atomic E-state index is -0.645. The first-order chi connectivity index (χ1) is 14.5. The monoisotopic (exact) mass is 403 g/mol. The predicted molar refractivity (Wildman–Crippen MR) is 110 cm³/mol. The van der Waals surface area contributed by atoms with Crippen LogP contribution in [0.1, 0.15) is 28.4 Å². The molecule has 1 fully saturated rings. The number of nitrogens with zero attached hydrogens (tertiary/aromatic N) is 5. The van der Waals surface area contributed by atoms with E-state index in [9.17, 15) is 4.79 Å². The van der Waals surface area contributed by atoms with Crippen molar-refractivity contribution in [3.8, 4) is 29.1 Å². The van der Waals surface area contributed by atoms with E-state index in [0.717, 1.165) is 5.56 Å². The number of carbonyl (C=O) groups excluding carboxylic acids is 1. The van der Waals surface area contributed by atoms with E-state index in [0.29, 0.717) is 42.4 Å². The number of nitriles is 1. The number of rotatable bonds is 5. The summed E-state index contributed by atoms with van der Waals surface area (Å²) in [6.45, 7) is 3.08. The zero-order valence-electron chi connectivity index (χ0n) is 16.4. The molecule has 1 aromatic carbocycles.